The molecule has 0 unspecified atom stereocenters. The highest BCUT2D eigenvalue weighted by atomic mass is 32.1. The number of nitrogens with two attached hydrogens (primary N) is 3. The number of aromatic nitrogens is 1. The van der Waals surface area contributed by atoms with E-state index in [2.05, 4.69) is 11.1 Å². The Morgan fingerprint density at radius 2 is 1.84 bits per heavy atom. The van der Waals surface area contributed by atoms with Crippen molar-refractivity contribution in [1.29, 1.82) is 5.26 Å². The number of rotatable bonds is 3. The van der Waals surface area contributed by atoms with Crippen LogP contribution in [-0.4, -0.2) is 34.8 Å². The van der Waals surface area contributed by atoms with Crippen LogP contribution in [0.5, 0.6) is 0 Å². The molecule has 1 aromatic carbocycles. The molecule has 31 heavy (non-hydrogen) atoms. The van der Waals surface area contributed by atoms with Crippen molar-refractivity contribution in [3.8, 4) is 17.2 Å². The first-order chi connectivity index (χ1) is 14.8. The van der Waals surface area contributed by atoms with Gasteiger partial charge in [-0.05, 0) is 25.3 Å². The molecular weight excluding hydrogens is 412 g/mol. The number of anilines is 2. The first kappa shape index (κ1) is 20.6. The molecule has 1 aliphatic rings. The summed E-state index contributed by atoms with van der Waals surface area (Å²) in [5, 5.41) is 10.3. The number of likely N-dealkylation sites (tertiary alicyclic amines) is 1. The van der Waals surface area contributed by atoms with Crippen LogP contribution in [0.3, 0.4) is 0 Å². The smallest absolute Gasteiger partial charge is 0.266 e. The van der Waals surface area contributed by atoms with Gasteiger partial charge in [0.25, 0.3) is 5.91 Å². The monoisotopic (exact) mass is 434 g/mol. The van der Waals surface area contributed by atoms with E-state index in [1.165, 1.54) is 11.3 Å². The number of amides is 2. The lowest BCUT2D eigenvalue weighted by Gasteiger charge is -2.30. The van der Waals surface area contributed by atoms with Gasteiger partial charge in [-0.2, -0.15) is 5.26 Å². The number of primary amides is 1. The largest absolute Gasteiger partial charge is 0.397 e. The first-order valence-electron chi connectivity index (χ1n) is 9.89. The highest BCUT2D eigenvalue weighted by molar-refractivity contribution is 7.21. The standard InChI is InChI=1S/C22H22N6O2S/c1-11-2-4-12(5-3-11)15-14(10-23)19(25)27-21-16(15)17(24)18(31-21)22(30)28-8-6-13(7-9-28)20(26)29/h2-5,13H,6-9,24H2,1H3,(H2,25,27)(H2,26,29). The van der Waals surface area contributed by atoms with Crippen LogP contribution in [0.25, 0.3) is 21.3 Å². The summed E-state index contributed by atoms with van der Waals surface area (Å²) in [7, 11) is 0. The molecule has 6 N–H and O–H groups in total. The molecule has 0 aliphatic carbocycles. The predicted octanol–water partition coefficient (Wildman–Crippen LogP) is 2.65. The highest BCUT2D eigenvalue weighted by Gasteiger charge is 2.30. The van der Waals surface area contributed by atoms with E-state index in [9.17, 15) is 14.9 Å². The van der Waals surface area contributed by atoms with Crippen molar-refractivity contribution in [2.45, 2.75) is 19.8 Å². The fourth-order valence-corrected chi connectivity index (χ4v) is 5.04. The molecule has 0 spiro atoms. The number of carbonyl (C=O) groups excluding carboxylic acids is 2. The minimum Gasteiger partial charge on any atom is -0.397 e. The molecule has 9 heteroatoms. The van der Waals surface area contributed by atoms with Crippen LogP contribution in [0.15, 0.2) is 24.3 Å². The van der Waals surface area contributed by atoms with Crippen molar-refractivity contribution in [3.63, 3.8) is 0 Å². The molecule has 3 heterocycles. The number of nitrogens with zero attached hydrogens (tertiary/aromatic N) is 3. The second-order valence-electron chi connectivity index (χ2n) is 7.72. The topological polar surface area (TPSA) is 152 Å². The number of carbonyl (C=O) groups is 2. The summed E-state index contributed by atoms with van der Waals surface area (Å²) in [6.07, 6.45) is 1.06. The number of aryl methyl sites for hydroxylation is 1. The van der Waals surface area contributed by atoms with E-state index < -0.39 is 0 Å². The van der Waals surface area contributed by atoms with Crippen molar-refractivity contribution in [2.75, 3.05) is 24.6 Å². The first-order valence-corrected chi connectivity index (χ1v) is 10.7. The van der Waals surface area contributed by atoms with Crippen molar-refractivity contribution < 1.29 is 9.59 Å². The number of hydrogen-bond acceptors (Lipinski definition) is 7. The van der Waals surface area contributed by atoms with Gasteiger partial charge < -0.3 is 22.1 Å². The van der Waals surface area contributed by atoms with Crippen LogP contribution in [-0.2, 0) is 4.79 Å². The molecule has 2 amide bonds. The SMILES string of the molecule is Cc1ccc(-c2c(C#N)c(N)nc3sc(C(=O)N4CCC(C(N)=O)CC4)c(N)c23)cc1. The van der Waals surface area contributed by atoms with Gasteiger partial charge in [-0.3, -0.25) is 9.59 Å². The molecule has 8 nitrogen and oxygen atoms in total. The van der Waals surface area contributed by atoms with Crippen LogP contribution in [0.2, 0.25) is 0 Å². The average Bonchev–Trinajstić information content (AvgIpc) is 3.08. The maximum atomic E-state index is 13.2. The molecule has 0 atom stereocenters. The van der Waals surface area contributed by atoms with Crippen LogP contribution < -0.4 is 17.2 Å². The third kappa shape index (κ3) is 3.55. The number of piperidine rings is 1. The quantitative estimate of drug-likeness (QED) is 0.576. The maximum Gasteiger partial charge on any atom is 0.266 e. The Morgan fingerprint density at radius 1 is 1.19 bits per heavy atom. The van der Waals surface area contributed by atoms with Crippen molar-refractivity contribution >= 4 is 44.9 Å². The summed E-state index contributed by atoms with van der Waals surface area (Å²) in [6, 6.07) is 9.82. The number of hydrogen-bond donors (Lipinski definition) is 3. The lowest BCUT2D eigenvalue weighted by molar-refractivity contribution is -0.123. The van der Waals surface area contributed by atoms with E-state index in [0.717, 1.165) is 11.1 Å². The fraction of sp³-hybridized carbons (Fsp3) is 0.273. The van der Waals surface area contributed by atoms with Gasteiger partial charge in [-0.1, -0.05) is 29.8 Å². The lowest BCUT2D eigenvalue weighted by Crippen LogP contribution is -2.41. The molecule has 3 aromatic rings. The Kier molecular flexibility index (Phi) is 5.25. The summed E-state index contributed by atoms with van der Waals surface area (Å²) in [4.78, 5) is 31.5. The van der Waals surface area contributed by atoms with E-state index in [1.807, 2.05) is 31.2 Å². The molecule has 158 valence electrons. The second-order valence-corrected chi connectivity index (χ2v) is 8.72. The lowest BCUT2D eigenvalue weighted by atomic mass is 9.95. The van der Waals surface area contributed by atoms with Crippen molar-refractivity contribution in [2.24, 2.45) is 11.7 Å². The predicted molar refractivity (Wildman–Crippen MR) is 121 cm³/mol. The van der Waals surface area contributed by atoms with Gasteiger partial charge in [0.15, 0.2) is 0 Å². The summed E-state index contributed by atoms with van der Waals surface area (Å²) < 4.78 is 0. The van der Waals surface area contributed by atoms with E-state index in [-0.39, 0.29) is 29.1 Å². The zero-order chi connectivity index (χ0) is 22.3. The highest BCUT2D eigenvalue weighted by Crippen LogP contribution is 2.43. The molecule has 0 bridgehead atoms. The Hall–Kier alpha value is -3.64. The average molecular weight is 435 g/mol. The third-order valence-corrected chi connectivity index (χ3v) is 6.82. The molecule has 0 radical (unpaired) electrons. The number of nitriles is 1. The van der Waals surface area contributed by atoms with E-state index in [4.69, 9.17) is 17.2 Å². The summed E-state index contributed by atoms with van der Waals surface area (Å²) >= 11 is 1.17. The zero-order valence-electron chi connectivity index (χ0n) is 17.0. The molecule has 1 aliphatic heterocycles. The molecule has 1 fully saturated rings. The number of fused-ring (bicyclic) bond motifs is 1. The van der Waals surface area contributed by atoms with Crippen LogP contribution in [0.4, 0.5) is 11.5 Å². The van der Waals surface area contributed by atoms with Crippen LogP contribution >= 0.6 is 11.3 Å². The Labute approximate surface area is 183 Å². The van der Waals surface area contributed by atoms with Gasteiger partial charge in [-0.25, -0.2) is 4.98 Å². The Morgan fingerprint density at radius 3 is 2.42 bits per heavy atom. The maximum absolute atomic E-state index is 13.2. The number of thiophene rings is 1. The Bertz CT molecular complexity index is 1230. The Balaban J connectivity index is 1.81. The normalized spacial score (nSPS) is 14.5. The minimum atomic E-state index is -0.333. The molecule has 0 saturated carbocycles. The molecule has 2 aromatic heterocycles. The minimum absolute atomic E-state index is 0.105. The van der Waals surface area contributed by atoms with Gasteiger partial charge in [-0.15, -0.1) is 11.3 Å². The third-order valence-electron chi connectivity index (χ3n) is 5.74. The van der Waals surface area contributed by atoms with Crippen molar-refractivity contribution in [3.05, 3.63) is 40.3 Å². The summed E-state index contributed by atoms with van der Waals surface area (Å²) in [5.74, 6) is -0.653. The van der Waals surface area contributed by atoms with Crippen LogP contribution in [0, 0.1) is 24.2 Å². The van der Waals surface area contributed by atoms with Gasteiger partial charge in [0.1, 0.15) is 27.2 Å². The fourth-order valence-electron chi connectivity index (χ4n) is 3.96. The second kappa shape index (κ2) is 7.89. The number of benzene rings is 1. The van der Waals surface area contributed by atoms with E-state index in [0.29, 0.717) is 52.3 Å². The molecular formula is C22H22N6O2S. The van der Waals surface area contributed by atoms with Gasteiger partial charge in [0.05, 0.1) is 5.69 Å². The number of nitrogen functional groups attached to an aromatic ring is 2. The van der Waals surface area contributed by atoms with Gasteiger partial charge >= 0.3 is 0 Å². The van der Waals surface area contributed by atoms with Crippen LogP contribution in [0.1, 0.15) is 33.6 Å². The molecule has 1 saturated heterocycles. The van der Waals surface area contributed by atoms with Gasteiger partial charge in [0, 0.05) is 30.0 Å². The van der Waals surface area contributed by atoms with Crippen molar-refractivity contribution in [1.82, 2.24) is 9.88 Å². The van der Waals surface area contributed by atoms with E-state index in [1.54, 1.807) is 4.90 Å². The summed E-state index contributed by atoms with van der Waals surface area (Å²) in [6.45, 7) is 2.84. The number of pyridine rings is 1. The zero-order valence-corrected chi connectivity index (χ0v) is 17.8. The molecule has 4 rings (SSSR count). The van der Waals surface area contributed by atoms with E-state index >= 15 is 0 Å². The summed E-state index contributed by atoms with van der Waals surface area (Å²) in [5.41, 5.74) is 20.9. The van der Waals surface area contributed by atoms with Gasteiger partial charge in [0.2, 0.25) is 5.91 Å².